The Labute approximate surface area is 166 Å². The highest BCUT2D eigenvalue weighted by atomic mass is 32.1. The fourth-order valence-electron chi connectivity index (χ4n) is 2.82. The Kier molecular flexibility index (Phi) is 5.22. The van der Waals surface area contributed by atoms with E-state index in [-0.39, 0.29) is 0 Å². The van der Waals surface area contributed by atoms with Gasteiger partial charge in [0.2, 0.25) is 11.8 Å². The molecule has 0 aliphatic carbocycles. The van der Waals surface area contributed by atoms with Crippen LogP contribution in [0.1, 0.15) is 12.1 Å². The zero-order valence-corrected chi connectivity index (χ0v) is 16.7. The van der Waals surface area contributed by atoms with Crippen molar-refractivity contribution >= 4 is 33.5 Å². The summed E-state index contributed by atoms with van der Waals surface area (Å²) in [6.07, 6.45) is 6.44. The summed E-state index contributed by atoms with van der Waals surface area (Å²) in [6.45, 7) is 3.07. The van der Waals surface area contributed by atoms with Crippen molar-refractivity contribution in [1.82, 2.24) is 28.7 Å². The zero-order chi connectivity index (χ0) is 19.5. The number of nitrogens with zero attached hydrogens (tertiary/aromatic N) is 6. The lowest BCUT2D eigenvalue weighted by molar-refractivity contribution is 0.171. The maximum absolute atomic E-state index is 6.00. The van der Waals surface area contributed by atoms with E-state index < -0.39 is 0 Å². The Bertz CT molecular complexity index is 1080. The number of aryl methyl sites for hydroxylation is 2. The molecule has 0 saturated heterocycles. The summed E-state index contributed by atoms with van der Waals surface area (Å²) in [4.78, 5) is 9.26. The summed E-state index contributed by atoms with van der Waals surface area (Å²) in [6, 6.07) is 3.90. The second kappa shape index (κ2) is 7.95. The van der Waals surface area contributed by atoms with E-state index in [1.807, 2.05) is 43.1 Å². The first-order valence-electron chi connectivity index (χ1n) is 8.84. The van der Waals surface area contributed by atoms with E-state index >= 15 is 0 Å². The lowest BCUT2D eigenvalue weighted by atomic mass is 10.4. The SMILES string of the molecule is COCCCOc1nc(Nc2cc(C)ns2)nc2ccn(-c3cnn(C)c3)c12. The van der Waals surface area contributed by atoms with E-state index in [0.29, 0.717) is 25.0 Å². The molecule has 0 bridgehead atoms. The molecule has 0 amide bonds. The molecule has 0 unspecified atom stereocenters. The van der Waals surface area contributed by atoms with Crippen molar-refractivity contribution in [3.8, 4) is 11.6 Å². The predicted molar refractivity (Wildman–Crippen MR) is 108 cm³/mol. The van der Waals surface area contributed by atoms with Gasteiger partial charge in [0.1, 0.15) is 10.5 Å². The Morgan fingerprint density at radius 1 is 1.25 bits per heavy atom. The van der Waals surface area contributed by atoms with Crippen molar-refractivity contribution < 1.29 is 9.47 Å². The molecule has 28 heavy (non-hydrogen) atoms. The third kappa shape index (κ3) is 3.82. The molecule has 0 aliphatic rings. The minimum atomic E-state index is 0.474. The van der Waals surface area contributed by atoms with Crippen LogP contribution in [0.5, 0.6) is 5.88 Å². The molecule has 0 spiro atoms. The fraction of sp³-hybridized carbons (Fsp3) is 0.333. The molecule has 10 heteroatoms. The van der Waals surface area contributed by atoms with Crippen molar-refractivity contribution in [1.29, 1.82) is 0 Å². The standard InChI is InChI=1S/C18H21N7O2S/c1-12-9-15(28-23-12)21-18-20-14-5-6-25(13-10-19-24(2)11-13)16(14)17(22-18)27-8-4-7-26-3/h5-6,9-11H,4,7-8H2,1-3H3,(H,20,21,22). The Morgan fingerprint density at radius 3 is 2.86 bits per heavy atom. The van der Waals surface area contributed by atoms with Crippen molar-refractivity contribution in [2.75, 3.05) is 25.6 Å². The molecular formula is C18H21N7O2S. The van der Waals surface area contributed by atoms with E-state index in [9.17, 15) is 0 Å². The number of fused-ring (bicyclic) bond motifs is 1. The maximum Gasteiger partial charge on any atom is 0.243 e. The third-order valence-corrected chi connectivity index (χ3v) is 4.86. The van der Waals surface area contributed by atoms with Crippen molar-refractivity contribution in [3.05, 3.63) is 36.4 Å². The maximum atomic E-state index is 6.00. The van der Waals surface area contributed by atoms with Crippen LogP contribution in [0.3, 0.4) is 0 Å². The fourth-order valence-corrected chi connectivity index (χ4v) is 3.48. The van der Waals surface area contributed by atoms with Crippen LogP contribution in [0.4, 0.5) is 10.9 Å². The van der Waals surface area contributed by atoms with E-state index in [2.05, 4.69) is 24.8 Å². The number of hydrogen-bond acceptors (Lipinski definition) is 8. The molecule has 0 aliphatic heterocycles. The number of aromatic nitrogens is 6. The molecule has 4 aromatic heterocycles. The monoisotopic (exact) mass is 399 g/mol. The van der Waals surface area contributed by atoms with Crippen molar-refractivity contribution in [2.24, 2.45) is 7.05 Å². The smallest absolute Gasteiger partial charge is 0.243 e. The number of methoxy groups -OCH3 is 1. The van der Waals surface area contributed by atoms with E-state index in [0.717, 1.165) is 33.8 Å². The molecule has 0 aromatic carbocycles. The second-order valence-corrected chi connectivity index (χ2v) is 7.10. The quantitative estimate of drug-likeness (QED) is 0.455. The van der Waals surface area contributed by atoms with Crippen LogP contribution in [-0.2, 0) is 11.8 Å². The van der Waals surface area contributed by atoms with E-state index in [1.165, 1.54) is 11.5 Å². The third-order valence-electron chi connectivity index (χ3n) is 4.07. The largest absolute Gasteiger partial charge is 0.476 e. The molecule has 0 radical (unpaired) electrons. The summed E-state index contributed by atoms with van der Waals surface area (Å²) in [5, 5.41) is 8.35. The Morgan fingerprint density at radius 2 is 2.14 bits per heavy atom. The van der Waals surface area contributed by atoms with Crippen LogP contribution in [0.15, 0.2) is 30.7 Å². The normalized spacial score (nSPS) is 11.2. The molecule has 0 fully saturated rings. The first-order valence-corrected chi connectivity index (χ1v) is 9.61. The van der Waals surface area contributed by atoms with Gasteiger partial charge in [-0.3, -0.25) is 4.68 Å². The number of nitrogens with one attached hydrogen (secondary N) is 1. The van der Waals surface area contributed by atoms with Gasteiger partial charge >= 0.3 is 0 Å². The van der Waals surface area contributed by atoms with Gasteiger partial charge in [-0.25, -0.2) is 4.98 Å². The van der Waals surface area contributed by atoms with Crippen LogP contribution in [-0.4, -0.2) is 49.0 Å². The van der Waals surface area contributed by atoms with Gasteiger partial charge < -0.3 is 19.4 Å². The predicted octanol–water partition coefficient (Wildman–Crippen LogP) is 3.08. The molecule has 0 atom stereocenters. The molecule has 4 rings (SSSR count). The number of ether oxygens (including phenoxy) is 2. The number of rotatable bonds is 8. The highest BCUT2D eigenvalue weighted by Gasteiger charge is 2.16. The Hall–Kier alpha value is -2.98. The number of anilines is 2. The molecule has 9 nitrogen and oxygen atoms in total. The average molecular weight is 399 g/mol. The minimum Gasteiger partial charge on any atom is -0.476 e. The summed E-state index contributed by atoms with van der Waals surface area (Å²) in [7, 11) is 3.56. The topological polar surface area (TPSA) is 91.9 Å². The van der Waals surface area contributed by atoms with Gasteiger partial charge in [0, 0.05) is 39.6 Å². The van der Waals surface area contributed by atoms with Crippen molar-refractivity contribution in [3.63, 3.8) is 0 Å². The molecule has 146 valence electrons. The van der Waals surface area contributed by atoms with Crippen LogP contribution in [0.2, 0.25) is 0 Å². The van der Waals surface area contributed by atoms with Gasteiger partial charge in [-0.2, -0.15) is 14.5 Å². The first-order chi connectivity index (χ1) is 13.6. The number of hydrogen-bond donors (Lipinski definition) is 1. The summed E-state index contributed by atoms with van der Waals surface area (Å²) in [5.41, 5.74) is 3.45. The molecule has 0 saturated carbocycles. The summed E-state index contributed by atoms with van der Waals surface area (Å²) < 4.78 is 19.1. The van der Waals surface area contributed by atoms with Gasteiger partial charge in [-0.05, 0) is 30.6 Å². The van der Waals surface area contributed by atoms with Gasteiger partial charge in [-0.15, -0.1) is 0 Å². The molecule has 1 N–H and O–H groups in total. The van der Waals surface area contributed by atoms with Gasteiger partial charge in [0.15, 0.2) is 0 Å². The highest BCUT2D eigenvalue weighted by Crippen LogP contribution is 2.29. The zero-order valence-electron chi connectivity index (χ0n) is 15.9. The van der Waals surface area contributed by atoms with E-state index in [1.54, 1.807) is 18.0 Å². The van der Waals surface area contributed by atoms with Gasteiger partial charge in [0.25, 0.3) is 0 Å². The van der Waals surface area contributed by atoms with Crippen LogP contribution in [0.25, 0.3) is 16.7 Å². The Balaban J connectivity index is 1.72. The van der Waals surface area contributed by atoms with Crippen LogP contribution >= 0.6 is 11.5 Å². The van der Waals surface area contributed by atoms with Crippen molar-refractivity contribution in [2.45, 2.75) is 13.3 Å². The second-order valence-electron chi connectivity index (χ2n) is 6.30. The van der Waals surface area contributed by atoms with Crippen LogP contribution < -0.4 is 10.1 Å². The average Bonchev–Trinajstić information content (AvgIpc) is 3.38. The van der Waals surface area contributed by atoms with Gasteiger partial charge in [-0.1, -0.05) is 0 Å². The van der Waals surface area contributed by atoms with Crippen LogP contribution in [0, 0.1) is 6.92 Å². The molecular weight excluding hydrogens is 378 g/mol. The molecule has 4 aromatic rings. The summed E-state index contributed by atoms with van der Waals surface area (Å²) in [5.74, 6) is 0.987. The van der Waals surface area contributed by atoms with E-state index in [4.69, 9.17) is 9.47 Å². The minimum absolute atomic E-state index is 0.474. The lowest BCUT2D eigenvalue weighted by Crippen LogP contribution is -2.06. The first kappa shape index (κ1) is 18.4. The highest BCUT2D eigenvalue weighted by molar-refractivity contribution is 7.10. The molecule has 4 heterocycles. The lowest BCUT2D eigenvalue weighted by Gasteiger charge is -2.11. The van der Waals surface area contributed by atoms with Gasteiger partial charge in [0.05, 0.1) is 29.7 Å². The summed E-state index contributed by atoms with van der Waals surface area (Å²) >= 11 is 1.37.